The lowest BCUT2D eigenvalue weighted by molar-refractivity contribution is 0.648. The number of aromatic nitrogens is 1. The number of nitrogens with one attached hydrogen (secondary N) is 2. The minimum atomic E-state index is 0.389. The first-order valence-electron chi connectivity index (χ1n) is 9.47. The molecule has 2 aromatic rings. The zero-order chi connectivity index (χ0) is 19.2. The Morgan fingerprint density at radius 3 is 2.74 bits per heavy atom. The number of nitrogens with zero attached hydrogens (tertiary/aromatic N) is 4. The van der Waals surface area contributed by atoms with Gasteiger partial charge in [0.05, 0.1) is 0 Å². The standard InChI is InChI=1S/C21H30N6/c1-16-7-9-19(10-8-16)27-13-11-18(15-27)25-21(22-2)24-14-17-6-5-12-23-20(17)26(3)4/h5-10,12,18H,11,13-15H2,1-4H3,(H2,22,24,25). The third kappa shape index (κ3) is 4.90. The Labute approximate surface area is 162 Å². The number of hydrogen-bond donors (Lipinski definition) is 2. The van der Waals surface area contributed by atoms with Crippen LogP contribution in [0.5, 0.6) is 0 Å². The molecular formula is C21H30N6. The minimum Gasteiger partial charge on any atom is -0.369 e. The fraction of sp³-hybridized carbons (Fsp3) is 0.429. The summed E-state index contributed by atoms with van der Waals surface area (Å²) >= 11 is 0. The Morgan fingerprint density at radius 1 is 1.26 bits per heavy atom. The molecule has 1 atom stereocenters. The van der Waals surface area contributed by atoms with Crippen molar-refractivity contribution in [2.45, 2.75) is 25.9 Å². The molecule has 1 aromatic heterocycles. The molecule has 1 aliphatic heterocycles. The first-order valence-corrected chi connectivity index (χ1v) is 9.47. The molecule has 0 radical (unpaired) electrons. The summed E-state index contributed by atoms with van der Waals surface area (Å²) in [5, 5.41) is 6.98. The van der Waals surface area contributed by atoms with Crippen LogP contribution in [0.4, 0.5) is 11.5 Å². The zero-order valence-corrected chi connectivity index (χ0v) is 16.7. The van der Waals surface area contributed by atoms with Gasteiger partial charge >= 0.3 is 0 Å². The Bertz CT molecular complexity index is 768. The smallest absolute Gasteiger partial charge is 0.191 e. The van der Waals surface area contributed by atoms with Crippen molar-refractivity contribution in [3.63, 3.8) is 0 Å². The largest absolute Gasteiger partial charge is 0.369 e. The van der Waals surface area contributed by atoms with Crippen LogP contribution in [0.1, 0.15) is 17.5 Å². The van der Waals surface area contributed by atoms with Crippen molar-refractivity contribution in [2.75, 3.05) is 44.0 Å². The Morgan fingerprint density at radius 2 is 2.04 bits per heavy atom. The Hall–Kier alpha value is -2.76. The molecule has 0 spiro atoms. The molecule has 2 heterocycles. The second-order valence-electron chi connectivity index (χ2n) is 7.22. The van der Waals surface area contributed by atoms with Crippen LogP contribution in [0.15, 0.2) is 47.6 Å². The number of benzene rings is 1. The number of hydrogen-bond acceptors (Lipinski definition) is 4. The highest BCUT2D eigenvalue weighted by molar-refractivity contribution is 5.80. The molecule has 1 aromatic carbocycles. The topological polar surface area (TPSA) is 55.8 Å². The molecule has 2 N–H and O–H groups in total. The summed E-state index contributed by atoms with van der Waals surface area (Å²) in [6.07, 6.45) is 2.93. The van der Waals surface area contributed by atoms with E-state index in [-0.39, 0.29) is 0 Å². The van der Waals surface area contributed by atoms with Crippen LogP contribution in [-0.4, -0.2) is 51.2 Å². The maximum Gasteiger partial charge on any atom is 0.191 e. The van der Waals surface area contributed by atoms with Crippen LogP contribution < -0.4 is 20.4 Å². The summed E-state index contributed by atoms with van der Waals surface area (Å²) in [6.45, 7) is 4.86. The Balaban J connectivity index is 1.55. The number of anilines is 2. The van der Waals surface area contributed by atoms with Crippen LogP contribution in [0.3, 0.4) is 0 Å². The van der Waals surface area contributed by atoms with Crippen LogP contribution in [-0.2, 0) is 6.54 Å². The zero-order valence-electron chi connectivity index (χ0n) is 16.7. The number of aliphatic imine (C=N–C) groups is 1. The van der Waals surface area contributed by atoms with Crippen LogP contribution in [0, 0.1) is 6.92 Å². The van der Waals surface area contributed by atoms with Crippen molar-refractivity contribution in [1.29, 1.82) is 0 Å². The van der Waals surface area contributed by atoms with Gasteiger partial charge in [0.15, 0.2) is 5.96 Å². The van der Waals surface area contributed by atoms with E-state index in [0.29, 0.717) is 12.6 Å². The molecule has 6 heteroatoms. The highest BCUT2D eigenvalue weighted by Crippen LogP contribution is 2.20. The second-order valence-corrected chi connectivity index (χ2v) is 7.22. The van der Waals surface area contributed by atoms with E-state index >= 15 is 0 Å². The van der Waals surface area contributed by atoms with Gasteiger partial charge < -0.3 is 20.4 Å². The van der Waals surface area contributed by atoms with Gasteiger partial charge in [0.25, 0.3) is 0 Å². The monoisotopic (exact) mass is 366 g/mol. The Kier molecular flexibility index (Phi) is 6.16. The quantitative estimate of drug-likeness (QED) is 0.629. The van der Waals surface area contributed by atoms with E-state index in [1.807, 2.05) is 38.3 Å². The first kappa shape index (κ1) is 19.0. The van der Waals surface area contributed by atoms with Gasteiger partial charge in [-0.05, 0) is 31.5 Å². The predicted molar refractivity (Wildman–Crippen MR) is 114 cm³/mol. The summed E-state index contributed by atoms with van der Waals surface area (Å²) in [5.74, 6) is 1.81. The van der Waals surface area contributed by atoms with Crippen molar-refractivity contribution in [3.05, 3.63) is 53.7 Å². The lowest BCUT2D eigenvalue weighted by Crippen LogP contribution is -2.44. The van der Waals surface area contributed by atoms with Crippen molar-refractivity contribution >= 4 is 17.5 Å². The average Bonchev–Trinajstić information content (AvgIpc) is 3.14. The molecule has 1 unspecified atom stereocenters. The number of guanidine groups is 1. The van der Waals surface area contributed by atoms with E-state index in [9.17, 15) is 0 Å². The summed E-state index contributed by atoms with van der Waals surface area (Å²) in [5.41, 5.74) is 3.74. The van der Waals surface area contributed by atoms with Gasteiger partial charge in [-0.15, -0.1) is 0 Å². The number of pyridine rings is 1. The first-order chi connectivity index (χ1) is 13.1. The van der Waals surface area contributed by atoms with Gasteiger partial charge in [0.2, 0.25) is 0 Å². The molecular weight excluding hydrogens is 336 g/mol. The predicted octanol–water partition coefficient (Wildman–Crippen LogP) is 2.40. The highest BCUT2D eigenvalue weighted by Gasteiger charge is 2.23. The lowest BCUT2D eigenvalue weighted by atomic mass is 10.2. The minimum absolute atomic E-state index is 0.389. The van der Waals surface area contributed by atoms with E-state index in [1.54, 1.807) is 0 Å². The normalized spacial score (nSPS) is 17.1. The third-order valence-electron chi connectivity index (χ3n) is 4.89. The van der Waals surface area contributed by atoms with Crippen molar-refractivity contribution in [2.24, 2.45) is 4.99 Å². The van der Waals surface area contributed by atoms with E-state index in [4.69, 9.17) is 0 Å². The molecule has 1 fully saturated rings. The van der Waals surface area contributed by atoms with E-state index in [1.165, 1.54) is 11.3 Å². The molecule has 3 rings (SSSR count). The highest BCUT2D eigenvalue weighted by atomic mass is 15.2. The maximum atomic E-state index is 4.45. The van der Waals surface area contributed by atoms with Crippen molar-refractivity contribution < 1.29 is 0 Å². The van der Waals surface area contributed by atoms with Gasteiger partial charge in [-0.1, -0.05) is 23.8 Å². The van der Waals surface area contributed by atoms with E-state index in [2.05, 4.69) is 62.8 Å². The SMILES string of the molecule is CN=C(NCc1cccnc1N(C)C)NC1CCN(c2ccc(C)cc2)C1. The molecule has 1 aliphatic rings. The second kappa shape index (κ2) is 8.75. The van der Waals surface area contributed by atoms with E-state index in [0.717, 1.165) is 36.9 Å². The molecule has 27 heavy (non-hydrogen) atoms. The van der Waals surface area contributed by atoms with Gasteiger partial charge in [-0.2, -0.15) is 0 Å². The van der Waals surface area contributed by atoms with Crippen LogP contribution in [0.25, 0.3) is 0 Å². The van der Waals surface area contributed by atoms with Gasteiger partial charge in [-0.25, -0.2) is 4.98 Å². The van der Waals surface area contributed by atoms with E-state index < -0.39 is 0 Å². The summed E-state index contributed by atoms with van der Waals surface area (Å²) in [7, 11) is 5.84. The average molecular weight is 367 g/mol. The van der Waals surface area contributed by atoms with Gasteiger partial charge in [0, 0.05) is 64.3 Å². The molecule has 0 saturated carbocycles. The summed E-state index contributed by atoms with van der Waals surface area (Å²) in [6, 6.07) is 13.2. The van der Waals surface area contributed by atoms with Gasteiger partial charge in [-0.3, -0.25) is 4.99 Å². The molecule has 1 saturated heterocycles. The number of rotatable bonds is 5. The molecule has 6 nitrogen and oxygen atoms in total. The lowest BCUT2D eigenvalue weighted by Gasteiger charge is -2.21. The van der Waals surface area contributed by atoms with Crippen LogP contribution >= 0.6 is 0 Å². The molecule has 0 bridgehead atoms. The van der Waals surface area contributed by atoms with Crippen molar-refractivity contribution in [3.8, 4) is 0 Å². The summed E-state index contributed by atoms with van der Waals surface area (Å²) < 4.78 is 0. The van der Waals surface area contributed by atoms with Gasteiger partial charge in [0.1, 0.15) is 5.82 Å². The number of aryl methyl sites for hydroxylation is 1. The molecule has 0 amide bonds. The van der Waals surface area contributed by atoms with Crippen molar-refractivity contribution in [1.82, 2.24) is 15.6 Å². The fourth-order valence-corrected chi connectivity index (χ4v) is 3.41. The summed E-state index contributed by atoms with van der Waals surface area (Å²) in [4.78, 5) is 13.3. The maximum absolute atomic E-state index is 4.45. The van der Waals surface area contributed by atoms with Crippen LogP contribution in [0.2, 0.25) is 0 Å². The molecule has 144 valence electrons. The fourth-order valence-electron chi connectivity index (χ4n) is 3.41. The third-order valence-corrected chi connectivity index (χ3v) is 4.89. The molecule has 0 aliphatic carbocycles.